The zero-order valence-electron chi connectivity index (χ0n) is 12.3. The minimum Gasteiger partial charge on any atom is -0.393 e. The van der Waals surface area contributed by atoms with Crippen LogP contribution in [0.3, 0.4) is 0 Å². The first-order valence-corrected chi connectivity index (χ1v) is 7.79. The molecule has 2 rings (SSSR count). The summed E-state index contributed by atoms with van der Waals surface area (Å²) < 4.78 is 13.1. The van der Waals surface area contributed by atoms with Gasteiger partial charge in [0.2, 0.25) is 0 Å². The summed E-state index contributed by atoms with van der Waals surface area (Å²) >= 11 is 0. The summed E-state index contributed by atoms with van der Waals surface area (Å²) in [4.78, 5) is 0. The maximum Gasteiger partial charge on any atom is 0.123 e. The molecule has 0 aromatic heterocycles. The van der Waals surface area contributed by atoms with E-state index in [-0.39, 0.29) is 11.9 Å². The fourth-order valence-electron chi connectivity index (χ4n) is 2.99. The number of halogens is 1. The van der Waals surface area contributed by atoms with E-state index >= 15 is 0 Å². The Kier molecular flexibility index (Phi) is 5.99. The van der Waals surface area contributed by atoms with Gasteiger partial charge >= 0.3 is 0 Å². The molecule has 0 saturated heterocycles. The average molecular weight is 279 g/mol. The standard InChI is InChI=1S/C17H26FNO/c1-13(15-3-2-4-16(18)11-15)12-19-10-9-14-5-7-17(20)8-6-14/h2-4,11,13-14,17,19-20H,5-10,12H2,1H3/t13-,14?,17?/m0/s1. The second kappa shape index (κ2) is 7.75. The summed E-state index contributed by atoms with van der Waals surface area (Å²) in [6, 6.07) is 6.86. The smallest absolute Gasteiger partial charge is 0.123 e. The minimum absolute atomic E-state index is 0.0628. The van der Waals surface area contributed by atoms with Crippen LogP contribution in [0.5, 0.6) is 0 Å². The molecule has 0 unspecified atom stereocenters. The SMILES string of the molecule is C[C@@H](CNCCC1CCC(O)CC1)c1cccc(F)c1. The molecular weight excluding hydrogens is 253 g/mol. The van der Waals surface area contributed by atoms with Crippen molar-refractivity contribution >= 4 is 0 Å². The molecule has 1 aliphatic carbocycles. The van der Waals surface area contributed by atoms with Crippen molar-refractivity contribution in [1.29, 1.82) is 0 Å². The molecule has 0 heterocycles. The molecule has 0 bridgehead atoms. The Morgan fingerprint density at radius 3 is 2.75 bits per heavy atom. The number of aliphatic hydroxyl groups excluding tert-OH is 1. The van der Waals surface area contributed by atoms with Crippen molar-refractivity contribution in [2.24, 2.45) is 5.92 Å². The van der Waals surface area contributed by atoms with Crippen LogP contribution < -0.4 is 5.32 Å². The summed E-state index contributed by atoms with van der Waals surface area (Å²) in [5, 5.41) is 13.0. The Balaban J connectivity index is 1.63. The molecule has 1 aliphatic rings. The molecular formula is C17H26FNO. The molecule has 1 atom stereocenters. The summed E-state index contributed by atoms with van der Waals surface area (Å²) in [7, 11) is 0. The number of rotatable bonds is 6. The number of benzene rings is 1. The molecule has 112 valence electrons. The monoisotopic (exact) mass is 279 g/mol. The van der Waals surface area contributed by atoms with Crippen LogP contribution in [0.4, 0.5) is 4.39 Å². The summed E-state index contributed by atoms with van der Waals surface area (Å²) in [6.07, 6.45) is 5.36. The van der Waals surface area contributed by atoms with Gasteiger partial charge in [-0.1, -0.05) is 19.1 Å². The van der Waals surface area contributed by atoms with Crippen LogP contribution in [0.25, 0.3) is 0 Å². The van der Waals surface area contributed by atoms with Gasteiger partial charge in [0.1, 0.15) is 5.82 Å². The zero-order valence-corrected chi connectivity index (χ0v) is 12.3. The molecule has 1 saturated carbocycles. The third-order valence-electron chi connectivity index (χ3n) is 4.41. The zero-order chi connectivity index (χ0) is 14.4. The normalized spacial score (nSPS) is 24.6. The van der Waals surface area contributed by atoms with Gasteiger partial charge in [0, 0.05) is 6.54 Å². The molecule has 1 fully saturated rings. The van der Waals surface area contributed by atoms with Crippen LogP contribution in [0.2, 0.25) is 0 Å². The summed E-state index contributed by atoms with van der Waals surface area (Å²) in [5.41, 5.74) is 1.05. The lowest BCUT2D eigenvalue weighted by Crippen LogP contribution is -2.25. The van der Waals surface area contributed by atoms with Gasteiger partial charge in [-0.25, -0.2) is 4.39 Å². The van der Waals surface area contributed by atoms with Gasteiger partial charge in [0.15, 0.2) is 0 Å². The van der Waals surface area contributed by atoms with E-state index in [0.29, 0.717) is 5.92 Å². The first-order valence-electron chi connectivity index (χ1n) is 7.79. The van der Waals surface area contributed by atoms with Crippen molar-refractivity contribution in [2.45, 2.75) is 51.0 Å². The third-order valence-corrected chi connectivity index (χ3v) is 4.41. The fraction of sp³-hybridized carbons (Fsp3) is 0.647. The lowest BCUT2D eigenvalue weighted by Gasteiger charge is -2.25. The van der Waals surface area contributed by atoms with E-state index in [9.17, 15) is 9.50 Å². The van der Waals surface area contributed by atoms with E-state index in [2.05, 4.69) is 12.2 Å². The molecule has 1 aromatic rings. The van der Waals surface area contributed by atoms with E-state index in [1.165, 1.54) is 12.5 Å². The predicted molar refractivity (Wildman–Crippen MR) is 80.3 cm³/mol. The molecule has 2 N–H and O–H groups in total. The molecule has 0 aliphatic heterocycles. The van der Waals surface area contributed by atoms with Crippen molar-refractivity contribution in [2.75, 3.05) is 13.1 Å². The van der Waals surface area contributed by atoms with Gasteiger partial charge < -0.3 is 10.4 Å². The van der Waals surface area contributed by atoms with E-state index in [0.717, 1.165) is 50.3 Å². The number of hydrogen-bond donors (Lipinski definition) is 2. The van der Waals surface area contributed by atoms with Crippen LogP contribution in [0.1, 0.15) is 50.5 Å². The largest absolute Gasteiger partial charge is 0.393 e. The Bertz CT molecular complexity index is 402. The highest BCUT2D eigenvalue weighted by Gasteiger charge is 2.18. The van der Waals surface area contributed by atoms with Crippen LogP contribution in [-0.2, 0) is 0 Å². The van der Waals surface area contributed by atoms with Crippen molar-refractivity contribution in [3.63, 3.8) is 0 Å². The summed E-state index contributed by atoms with van der Waals surface area (Å²) in [5.74, 6) is 0.935. The lowest BCUT2D eigenvalue weighted by molar-refractivity contribution is 0.106. The Morgan fingerprint density at radius 1 is 1.30 bits per heavy atom. The number of hydrogen-bond acceptors (Lipinski definition) is 2. The van der Waals surface area contributed by atoms with Gasteiger partial charge in [0.05, 0.1) is 6.10 Å². The van der Waals surface area contributed by atoms with E-state index in [1.807, 2.05) is 6.07 Å². The van der Waals surface area contributed by atoms with Gasteiger partial charge in [-0.3, -0.25) is 0 Å². The molecule has 1 aromatic carbocycles. The van der Waals surface area contributed by atoms with Crippen molar-refractivity contribution in [3.05, 3.63) is 35.6 Å². The fourth-order valence-corrected chi connectivity index (χ4v) is 2.99. The van der Waals surface area contributed by atoms with Gasteiger partial charge in [-0.05, 0) is 68.2 Å². The first-order chi connectivity index (χ1) is 9.65. The van der Waals surface area contributed by atoms with E-state index < -0.39 is 0 Å². The van der Waals surface area contributed by atoms with Crippen molar-refractivity contribution in [3.8, 4) is 0 Å². The average Bonchev–Trinajstić information content (AvgIpc) is 2.45. The highest BCUT2D eigenvalue weighted by Crippen LogP contribution is 2.26. The Hall–Kier alpha value is -0.930. The van der Waals surface area contributed by atoms with Gasteiger partial charge in [0.25, 0.3) is 0 Å². The second-order valence-corrected chi connectivity index (χ2v) is 6.12. The molecule has 3 heteroatoms. The van der Waals surface area contributed by atoms with Crippen LogP contribution in [0.15, 0.2) is 24.3 Å². The summed E-state index contributed by atoms with van der Waals surface area (Å²) in [6.45, 7) is 4.03. The molecule has 0 amide bonds. The molecule has 0 radical (unpaired) electrons. The number of aliphatic hydroxyl groups is 1. The highest BCUT2D eigenvalue weighted by atomic mass is 19.1. The third kappa shape index (κ3) is 4.88. The van der Waals surface area contributed by atoms with Crippen LogP contribution in [-0.4, -0.2) is 24.3 Å². The van der Waals surface area contributed by atoms with Crippen molar-refractivity contribution in [1.82, 2.24) is 5.32 Å². The molecule has 20 heavy (non-hydrogen) atoms. The topological polar surface area (TPSA) is 32.3 Å². The Labute approximate surface area is 121 Å². The molecule has 0 spiro atoms. The molecule has 2 nitrogen and oxygen atoms in total. The predicted octanol–water partition coefficient (Wildman–Crippen LogP) is 3.46. The van der Waals surface area contributed by atoms with E-state index in [1.54, 1.807) is 12.1 Å². The van der Waals surface area contributed by atoms with Crippen molar-refractivity contribution < 1.29 is 9.50 Å². The Morgan fingerprint density at radius 2 is 2.05 bits per heavy atom. The lowest BCUT2D eigenvalue weighted by atomic mass is 9.85. The van der Waals surface area contributed by atoms with Crippen LogP contribution in [0, 0.1) is 11.7 Å². The van der Waals surface area contributed by atoms with Crippen LogP contribution >= 0.6 is 0 Å². The maximum absolute atomic E-state index is 13.1. The van der Waals surface area contributed by atoms with Gasteiger partial charge in [-0.15, -0.1) is 0 Å². The second-order valence-electron chi connectivity index (χ2n) is 6.12. The van der Waals surface area contributed by atoms with Gasteiger partial charge in [-0.2, -0.15) is 0 Å². The number of nitrogens with one attached hydrogen (secondary N) is 1. The highest BCUT2D eigenvalue weighted by molar-refractivity contribution is 5.20. The quantitative estimate of drug-likeness (QED) is 0.782. The van der Waals surface area contributed by atoms with E-state index in [4.69, 9.17) is 0 Å². The first kappa shape index (κ1) is 15.5. The maximum atomic E-state index is 13.1. The minimum atomic E-state index is -0.157.